The number of nitrogen functional groups attached to an aromatic ring is 1. The minimum Gasteiger partial charge on any atom is -0.481 e. The number of nitrogens with two attached hydrogens (primary N) is 1. The molecule has 0 unspecified atom stereocenters. The van der Waals surface area contributed by atoms with E-state index in [1.165, 1.54) is 0 Å². The number of aryl methyl sites for hydroxylation is 1. The zero-order valence-electron chi connectivity index (χ0n) is 8.64. The van der Waals surface area contributed by atoms with Crippen molar-refractivity contribution in [2.45, 2.75) is 6.92 Å². The van der Waals surface area contributed by atoms with Crippen LogP contribution < -0.4 is 10.5 Å². The first-order chi connectivity index (χ1) is 7.20. The lowest BCUT2D eigenvalue weighted by molar-refractivity contribution is 0.397. The van der Waals surface area contributed by atoms with Gasteiger partial charge in [0.05, 0.1) is 18.5 Å². The average molecular weight is 204 g/mol. The van der Waals surface area contributed by atoms with E-state index in [-0.39, 0.29) is 0 Å². The van der Waals surface area contributed by atoms with Gasteiger partial charge < -0.3 is 10.5 Å². The lowest BCUT2D eigenvalue weighted by Gasteiger charge is -2.06. The first-order valence-electron chi connectivity index (χ1n) is 4.54. The third-order valence-electron chi connectivity index (χ3n) is 2.03. The summed E-state index contributed by atoms with van der Waals surface area (Å²) in [7, 11) is 1.57. The Bertz CT molecular complexity index is 478. The van der Waals surface area contributed by atoms with Gasteiger partial charge in [0, 0.05) is 12.3 Å². The molecule has 2 N–H and O–H groups in total. The second-order valence-electron chi connectivity index (χ2n) is 3.17. The summed E-state index contributed by atoms with van der Waals surface area (Å²) in [5.74, 6) is 1.11. The molecule has 5 nitrogen and oxygen atoms in total. The fourth-order valence-corrected chi connectivity index (χ4v) is 1.27. The largest absolute Gasteiger partial charge is 0.481 e. The monoisotopic (exact) mass is 204 g/mol. The third kappa shape index (κ3) is 1.76. The van der Waals surface area contributed by atoms with E-state index in [1.807, 2.05) is 19.2 Å². The molecule has 0 saturated heterocycles. The highest BCUT2D eigenvalue weighted by Crippen LogP contribution is 2.18. The van der Waals surface area contributed by atoms with Gasteiger partial charge in [0.15, 0.2) is 5.82 Å². The van der Waals surface area contributed by atoms with E-state index >= 15 is 0 Å². The van der Waals surface area contributed by atoms with Gasteiger partial charge in [0.25, 0.3) is 0 Å². The molecule has 0 radical (unpaired) electrons. The van der Waals surface area contributed by atoms with E-state index in [0.29, 0.717) is 17.4 Å². The number of rotatable bonds is 2. The summed E-state index contributed by atoms with van der Waals surface area (Å²) in [6, 6.07) is 5.36. The van der Waals surface area contributed by atoms with Crippen LogP contribution in [-0.2, 0) is 0 Å². The Morgan fingerprint density at radius 2 is 2.13 bits per heavy atom. The number of ether oxygens (including phenoxy) is 1. The molecule has 0 bridgehead atoms. The maximum absolute atomic E-state index is 5.81. The van der Waals surface area contributed by atoms with E-state index in [0.717, 1.165) is 5.69 Å². The molecule has 0 aliphatic carbocycles. The fraction of sp³-hybridized carbons (Fsp3) is 0.200. The van der Waals surface area contributed by atoms with E-state index in [9.17, 15) is 0 Å². The van der Waals surface area contributed by atoms with Crippen LogP contribution in [0.25, 0.3) is 5.82 Å². The van der Waals surface area contributed by atoms with Crippen LogP contribution in [0.2, 0.25) is 0 Å². The standard InChI is InChI=1S/C10H12N4O/c1-7-5-6-14(13-7)10-8(11)3-4-9(12-10)15-2/h3-6H,11H2,1-2H3. The van der Waals surface area contributed by atoms with Crippen molar-refractivity contribution in [3.63, 3.8) is 0 Å². The van der Waals surface area contributed by atoms with Crippen molar-refractivity contribution in [2.24, 2.45) is 0 Å². The number of methoxy groups -OCH3 is 1. The highest BCUT2D eigenvalue weighted by atomic mass is 16.5. The fourth-order valence-electron chi connectivity index (χ4n) is 1.27. The average Bonchev–Trinajstić information content (AvgIpc) is 2.65. The molecule has 0 aliphatic heterocycles. The number of hydrogen-bond donors (Lipinski definition) is 1. The van der Waals surface area contributed by atoms with Crippen molar-refractivity contribution in [3.8, 4) is 11.7 Å². The number of hydrogen-bond acceptors (Lipinski definition) is 4. The zero-order chi connectivity index (χ0) is 10.8. The van der Waals surface area contributed by atoms with E-state index in [2.05, 4.69) is 10.1 Å². The summed E-state index contributed by atoms with van der Waals surface area (Å²) in [5.41, 5.74) is 7.29. The predicted octanol–water partition coefficient (Wildman–Crippen LogP) is 1.17. The van der Waals surface area contributed by atoms with Crippen LogP contribution in [0.4, 0.5) is 5.69 Å². The van der Waals surface area contributed by atoms with Crippen molar-refractivity contribution in [1.82, 2.24) is 14.8 Å². The highest BCUT2D eigenvalue weighted by molar-refractivity contribution is 5.53. The maximum Gasteiger partial charge on any atom is 0.215 e. The Labute approximate surface area is 87.5 Å². The summed E-state index contributed by atoms with van der Waals surface area (Å²) >= 11 is 0. The van der Waals surface area contributed by atoms with Gasteiger partial charge in [-0.2, -0.15) is 10.1 Å². The van der Waals surface area contributed by atoms with E-state index < -0.39 is 0 Å². The molecule has 78 valence electrons. The topological polar surface area (TPSA) is 66.0 Å². The SMILES string of the molecule is COc1ccc(N)c(-n2ccc(C)n2)n1. The second-order valence-corrected chi connectivity index (χ2v) is 3.17. The van der Waals surface area contributed by atoms with Crippen LogP contribution in [0.3, 0.4) is 0 Å². The normalized spacial score (nSPS) is 10.3. The van der Waals surface area contributed by atoms with Crippen LogP contribution >= 0.6 is 0 Å². The minimum atomic E-state index is 0.521. The number of anilines is 1. The van der Waals surface area contributed by atoms with Crippen LogP contribution in [0.5, 0.6) is 5.88 Å². The molecule has 2 aromatic rings. The molecular formula is C10H12N4O. The highest BCUT2D eigenvalue weighted by Gasteiger charge is 2.06. The van der Waals surface area contributed by atoms with Gasteiger partial charge in [-0.3, -0.25) is 0 Å². The predicted molar refractivity (Wildman–Crippen MR) is 57.1 cm³/mol. The molecule has 0 fully saturated rings. The van der Waals surface area contributed by atoms with Crippen LogP contribution in [0, 0.1) is 6.92 Å². The molecular weight excluding hydrogens is 192 g/mol. The van der Waals surface area contributed by atoms with Crippen molar-refractivity contribution in [1.29, 1.82) is 0 Å². The Kier molecular flexibility index (Phi) is 2.29. The summed E-state index contributed by atoms with van der Waals surface area (Å²) in [5, 5.41) is 4.24. The van der Waals surface area contributed by atoms with E-state index in [1.54, 1.807) is 23.9 Å². The number of nitrogens with zero attached hydrogens (tertiary/aromatic N) is 3. The van der Waals surface area contributed by atoms with Crippen molar-refractivity contribution in [2.75, 3.05) is 12.8 Å². The van der Waals surface area contributed by atoms with Crippen molar-refractivity contribution < 1.29 is 4.74 Å². The molecule has 0 atom stereocenters. The second kappa shape index (κ2) is 3.61. The lowest BCUT2D eigenvalue weighted by Crippen LogP contribution is -2.04. The molecule has 0 spiro atoms. The van der Waals surface area contributed by atoms with Gasteiger partial charge in [-0.1, -0.05) is 0 Å². The Morgan fingerprint density at radius 1 is 1.33 bits per heavy atom. The summed E-state index contributed by atoms with van der Waals surface area (Å²) in [6.45, 7) is 1.91. The number of pyridine rings is 1. The quantitative estimate of drug-likeness (QED) is 0.797. The molecule has 0 amide bonds. The van der Waals surface area contributed by atoms with Crippen LogP contribution in [0.15, 0.2) is 24.4 Å². The van der Waals surface area contributed by atoms with Crippen molar-refractivity contribution >= 4 is 5.69 Å². The molecule has 2 heterocycles. The minimum absolute atomic E-state index is 0.521. The molecule has 2 aromatic heterocycles. The Hall–Kier alpha value is -2.04. The lowest BCUT2D eigenvalue weighted by atomic mass is 10.4. The first kappa shape index (κ1) is 9.51. The van der Waals surface area contributed by atoms with Crippen LogP contribution in [0.1, 0.15) is 5.69 Å². The smallest absolute Gasteiger partial charge is 0.215 e. The van der Waals surface area contributed by atoms with E-state index in [4.69, 9.17) is 10.5 Å². The maximum atomic E-state index is 5.81. The Morgan fingerprint density at radius 3 is 2.73 bits per heavy atom. The number of aromatic nitrogens is 3. The Balaban J connectivity index is 2.51. The first-order valence-corrected chi connectivity index (χ1v) is 4.54. The van der Waals surface area contributed by atoms with Crippen LogP contribution in [-0.4, -0.2) is 21.9 Å². The molecule has 0 aromatic carbocycles. The van der Waals surface area contributed by atoms with Gasteiger partial charge in [-0.25, -0.2) is 4.68 Å². The summed E-state index contributed by atoms with van der Waals surface area (Å²) < 4.78 is 6.66. The molecule has 15 heavy (non-hydrogen) atoms. The molecule has 0 aliphatic rings. The molecule has 2 rings (SSSR count). The summed E-state index contributed by atoms with van der Waals surface area (Å²) in [4.78, 5) is 4.23. The van der Waals surface area contributed by atoms with Gasteiger partial charge in [0.1, 0.15) is 0 Å². The van der Waals surface area contributed by atoms with Gasteiger partial charge in [0.2, 0.25) is 5.88 Å². The molecule has 5 heteroatoms. The van der Waals surface area contributed by atoms with Crippen molar-refractivity contribution in [3.05, 3.63) is 30.1 Å². The third-order valence-corrected chi connectivity index (χ3v) is 2.03. The van der Waals surface area contributed by atoms with Gasteiger partial charge >= 0.3 is 0 Å². The zero-order valence-corrected chi connectivity index (χ0v) is 8.64. The molecule has 0 saturated carbocycles. The summed E-state index contributed by atoms with van der Waals surface area (Å²) in [6.07, 6.45) is 1.81. The van der Waals surface area contributed by atoms with Gasteiger partial charge in [-0.15, -0.1) is 0 Å². The van der Waals surface area contributed by atoms with Gasteiger partial charge in [-0.05, 0) is 19.1 Å².